The van der Waals surface area contributed by atoms with Crippen LogP contribution in [0.25, 0.3) is 0 Å². The van der Waals surface area contributed by atoms with Gasteiger partial charge in [-0.1, -0.05) is 30.3 Å². The average molecular weight is 368 g/mol. The van der Waals surface area contributed by atoms with Gasteiger partial charge in [0.15, 0.2) is 0 Å². The van der Waals surface area contributed by atoms with Crippen LogP contribution in [0, 0.1) is 12.7 Å². The van der Waals surface area contributed by atoms with E-state index in [1.165, 1.54) is 16.5 Å². The van der Waals surface area contributed by atoms with Gasteiger partial charge in [0, 0.05) is 16.7 Å². The van der Waals surface area contributed by atoms with E-state index in [2.05, 4.69) is 52.4 Å². The number of hydrogen-bond donors (Lipinski definition) is 1. The van der Waals surface area contributed by atoms with Gasteiger partial charge in [0.05, 0.1) is 4.47 Å². The van der Waals surface area contributed by atoms with E-state index < -0.39 is 0 Å². The summed E-state index contributed by atoms with van der Waals surface area (Å²) in [4.78, 5) is 1.30. The molecule has 21 heavy (non-hydrogen) atoms. The van der Waals surface area contributed by atoms with Gasteiger partial charge in [0.2, 0.25) is 0 Å². The molecule has 1 unspecified atom stereocenters. The third kappa shape index (κ3) is 4.56. The Kier molecular flexibility index (Phi) is 6.27. The lowest BCUT2D eigenvalue weighted by Gasteiger charge is -2.17. The summed E-state index contributed by atoms with van der Waals surface area (Å²) in [5, 5.41) is 3.32. The predicted molar refractivity (Wildman–Crippen MR) is 92.6 cm³/mol. The number of nitrogens with one attached hydrogen (secondary N) is 1. The minimum absolute atomic E-state index is 0.200. The first-order chi connectivity index (χ1) is 10.1. The normalized spacial score (nSPS) is 12.4. The zero-order chi connectivity index (χ0) is 15.2. The first kappa shape index (κ1) is 16.5. The number of benzene rings is 2. The van der Waals surface area contributed by atoms with Crippen molar-refractivity contribution in [3.8, 4) is 0 Å². The van der Waals surface area contributed by atoms with Crippen molar-refractivity contribution in [1.82, 2.24) is 5.32 Å². The van der Waals surface area contributed by atoms with E-state index in [9.17, 15) is 4.39 Å². The molecule has 0 amide bonds. The van der Waals surface area contributed by atoms with Crippen LogP contribution in [0.1, 0.15) is 11.1 Å². The van der Waals surface area contributed by atoms with E-state index >= 15 is 0 Å². The van der Waals surface area contributed by atoms with E-state index in [-0.39, 0.29) is 5.82 Å². The van der Waals surface area contributed by atoms with Crippen molar-refractivity contribution >= 4 is 27.7 Å². The van der Waals surface area contributed by atoms with Gasteiger partial charge in [-0.15, -0.1) is 11.8 Å². The van der Waals surface area contributed by atoms with Crippen molar-refractivity contribution < 1.29 is 4.39 Å². The summed E-state index contributed by atoms with van der Waals surface area (Å²) in [6.45, 7) is 2.12. The van der Waals surface area contributed by atoms with Crippen LogP contribution in [0.3, 0.4) is 0 Å². The molecule has 0 bridgehead atoms. The topological polar surface area (TPSA) is 12.0 Å². The van der Waals surface area contributed by atoms with Gasteiger partial charge in [-0.2, -0.15) is 0 Å². The van der Waals surface area contributed by atoms with E-state index in [1.807, 2.05) is 24.9 Å². The van der Waals surface area contributed by atoms with Crippen LogP contribution in [-0.4, -0.2) is 18.8 Å². The Morgan fingerprint density at radius 2 is 1.95 bits per heavy atom. The molecule has 0 aliphatic rings. The Hall–Kier alpha value is -0.840. The minimum atomic E-state index is -0.200. The molecule has 0 saturated carbocycles. The molecule has 0 heterocycles. The third-order valence-electron chi connectivity index (χ3n) is 3.44. The highest BCUT2D eigenvalue weighted by Gasteiger charge is 2.12. The second-order valence-electron chi connectivity index (χ2n) is 4.98. The molecule has 4 heteroatoms. The zero-order valence-electron chi connectivity index (χ0n) is 12.2. The average Bonchev–Trinajstić information content (AvgIpc) is 2.49. The second-order valence-corrected chi connectivity index (χ2v) is 6.83. The maximum absolute atomic E-state index is 13.6. The van der Waals surface area contributed by atoms with Crippen LogP contribution >= 0.6 is 27.7 Å². The van der Waals surface area contributed by atoms with Crippen molar-refractivity contribution in [2.75, 3.05) is 12.8 Å². The lowest BCUT2D eigenvalue weighted by atomic mass is 10.1. The standard InChI is InChI=1S/C17H19BrFNS/c1-12-6-3-4-9-16(12)21-11-14(20-2)10-13-7-5-8-15(19)17(13)18/h3-9,14,20H,10-11H2,1-2H3. The zero-order valence-corrected chi connectivity index (χ0v) is 14.6. The Labute approximate surface area is 138 Å². The maximum Gasteiger partial charge on any atom is 0.137 e. The van der Waals surface area contributed by atoms with Gasteiger partial charge in [0.1, 0.15) is 5.82 Å². The summed E-state index contributed by atoms with van der Waals surface area (Å²) in [6, 6.07) is 13.9. The molecular formula is C17H19BrFNS. The highest BCUT2D eigenvalue weighted by atomic mass is 79.9. The number of rotatable bonds is 6. The van der Waals surface area contributed by atoms with Crippen molar-refractivity contribution in [3.05, 3.63) is 63.9 Å². The van der Waals surface area contributed by atoms with E-state index in [0.717, 1.165) is 17.7 Å². The molecule has 1 N–H and O–H groups in total. The van der Waals surface area contributed by atoms with Gasteiger partial charge >= 0.3 is 0 Å². The number of likely N-dealkylation sites (N-methyl/N-ethyl adjacent to an activating group) is 1. The lowest BCUT2D eigenvalue weighted by Crippen LogP contribution is -2.30. The molecule has 0 aliphatic carbocycles. The van der Waals surface area contributed by atoms with E-state index in [4.69, 9.17) is 0 Å². The molecule has 0 saturated heterocycles. The van der Waals surface area contributed by atoms with Gasteiger partial charge in [0.25, 0.3) is 0 Å². The van der Waals surface area contributed by atoms with Gasteiger partial charge < -0.3 is 5.32 Å². The summed E-state index contributed by atoms with van der Waals surface area (Å²) in [6.07, 6.45) is 0.799. The highest BCUT2D eigenvalue weighted by Crippen LogP contribution is 2.25. The number of thioether (sulfide) groups is 1. The fraction of sp³-hybridized carbons (Fsp3) is 0.294. The Bertz CT molecular complexity index is 603. The molecule has 1 atom stereocenters. The number of hydrogen-bond acceptors (Lipinski definition) is 2. The fourth-order valence-electron chi connectivity index (χ4n) is 2.12. The smallest absolute Gasteiger partial charge is 0.137 e. The van der Waals surface area contributed by atoms with E-state index in [1.54, 1.807) is 6.07 Å². The number of aryl methyl sites for hydroxylation is 1. The summed E-state index contributed by atoms with van der Waals surface area (Å²) < 4.78 is 14.1. The Morgan fingerprint density at radius 3 is 2.67 bits per heavy atom. The van der Waals surface area contributed by atoms with Crippen molar-refractivity contribution in [3.63, 3.8) is 0 Å². The molecule has 2 rings (SSSR count). The molecule has 0 fully saturated rings. The lowest BCUT2D eigenvalue weighted by molar-refractivity contribution is 0.597. The SMILES string of the molecule is CNC(CSc1ccccc1C)Cc1cccc(F)c1Br. The van der Waals surface area contributed by atoms with Crippen LogP contribution in [0.15, 0.2) is 51.8 Å². The van der Waals surface area contributed by atoms with Crippen molar-refractivity contribution in [2.24, 2.45) is 0 Å². The second kappa shape index (κ2) is 7.97. The summed E-state index contributed by atoms with van der Waals surface area (Å²) in [7, 11) is 1.95. The van der Waals surface area contributed by atoms with Crippen LogP contribution < -0.4 is 5.32 Å². The number of halogens is 2. The summed E-state index contributed by atoms with van der Waals surface area (Å²) in [5.41, 5.74) is 2.30. The molecule has 0 aliphatic heterocycles. The molecule has 0 spiro atoms. The quantitative estimate of drug-likeness (QED) is 0.734. The summed E-state index contributed by atoms with van der Waals surface area (Å²) >= 11 is 5.17. The monoisotopic (exact) mass is 367 g/mol. The molecule has 0 radical (unpaired) electrons. The Balaban J connectivity index is 2.01. The van der Waals surface area contributed by atoms with Crippen LogP contribution in [0.4, 0.5) is 4.39 Å². The summed E-state index contributed by atoms with van der Waals surface area (Å²) in [5.74, 6) is 0.749. The Morgan fingerprint density at radius 1 is 1.19 bits per heavy atom. The fourth-order valence-corrected chi connectivity index (χ4v) is 3.69. The molecule has 1 nitrogen and oxygen atoms in total. The maximum atomic E-state index is 13.6. The van der Waals surface area contributed by atoms with Gasteiger partial charge in [-0.05, 0) is 59.6 Å². The van der Waals surface area contributed by atoms with Gasteiger partial charge in [-0.3, -0.25) is 0 Å². The van der Waals surface area contributed by atoms with Crippen molar-refractivity contribution in [2.45, 2.75) is 24.3 Å². The molecule has 2 aromatic carbocycles. The molecule has 0 aromatic heterocycles. The first-order valence-electron chi connectivity index (χ1n) is 6.90. The highest BCUT2D eigenvalue weighted by molar-refractivity contribution is 9.10. The molecular weight excluding hydrogens is 349 g/mol. The van der Waals surface area contributed by atoms with Crippen LogP contribution in [0.2, 0.25) is 0 Å². The minimum Gasteiger partial charge on any atom is -0.316 e. The van der Waals surface area contributed by atoms with E-state index in [0.29, 0.717) is 10.5 Å². The van der Waals surface area contributed by atoms with Crippen LogP contribution in [0.5, 0.6) is 0 Å². The molecule has 112 valence electrons. The first-order valence-corrected chi connectivity index (χ1v) is 8.68. The largest absolute Gasteiger partial charge is 0.316 e. The molecule has 2 aromatic rings. The van der Waals surface area contributed by atoms with Crippen LogP contribution in [-0.2, 0) is 6.42 Å². The van der Waals surface area contributed by atoms with Gasteiger partial charge in [-0.25, -0.2) is 4.39 Å². The third-order valence-corrected chi connectivity index (χ3v) is 5.67. The predicted octanol–water partition coefficient (Wildman–Crippen LogP) is 4.82. The van der Waals surface area contributed by atoms with Crippen molar-refractivity contribution in [1.29, 1.82) is 0 Å².